The van der Waals surface area contributed by atoms with E-state index in [1.807, 2.05) is 50.3 Å². The van der Waals surface area contributed by atoms with Gasteiger partial charge in [0.05, 0.1) is 29.6 Å². The molecule has 4 N–H and O–H groups in total. The Balaban J connectivity index is 1.38. The molecule has 0 radical (unpaired) electrons. The van der Waals surface area contributed by atoms with Crippen molar-refractivity contribution >= 4 is 24.1 Å². The Bertz CT molecular complexity index is 1230. The highest BCUT2D eigenvalue weighted by molar-refractivity contribution is 6.00. The van der Waals surface area contributed by atoms with Gasteiger partial charge in [-0.3, -0.25) is 9.59 Å². The van der Waals surface area contributed by atoms with Crippen LogP contribution in [0.1, 0.15) is 63.2 Å². The van der Waals surface area contributed by atoms with Crippen molar-refractivity contribution in [1.82, 2.24) is 20.4 Å². The number of primary amides is 1. The number of carbonyl (C=O) groups excluding carboxylic acids is 3. The van der Waals surface area contributed by atoms with E-state index in [4.69, 9.17) is 10.5 Å². The molecular weight excluding hydrogens is 482 g/mol. The molecule has 4 bridgehead atoms. The van der Waals surface area contributed by atoms with Gasteiger partial charge in [0, 0.05) is 30.1 Å². The Labute approximate surface area is 223 Å². The van der Waals surface area contributed by atoms with E-state index >= 15 is 0 Å². The minimum atomic E-state index is -0.717. The first-order chi connectivity index (χ1) is 18.0. The zero-order chi connectivity index (χ0) is 27.1. The summed E-state index contributed by atoms with van der Waals surface area (Å²) < 4.78 is 6.95. The number of nitrogens with two attached hydrogens (primary N) is 1. The van der Waals surface area contributed by atoms with Crippen LogP contribution in [-0.4, -0.2) is 45.9 Å². The highest BCUT2D eigenvalue weighted by atomic mass is 16.5. The number of hydrogen-bond donors (Lipinski definition) is 3. The summed E-state index contributed by atoms with van der Waals surface area (Å²) in [6.45, 7) is 5.66. The van der Waals surface area contributed by atoms with Gasteiger partial charge >= 0.3 is 6.09 Å². The van der Waals surface area contributed by atoms with Crippen molar-refractivity contribution in [3.05, 3.63) is 48.2 Å². The lowest BCUT2D eigenvalue weighted by atomic mass is 9.48. The number of aromatic nitrogens is 2. The maximum absolute atomic E-state index is 13.8. The lowest BCUT2D eigenvalue weighted by molar-refractivity contribution is -0.120. The summed E-state index contributed by atoms with van der Waals surface area (Å²) in [6, 6.07) is 9.81. The first-order valence-corrected chi connectivity index (χ1v) is 13.4. The van der Waals surface area contributed by atoms with Crippen LogP contribution in [0.4, 0.5) is 4.79 Å². The lowest BCUT2D eigenvalue weighted by Crippen LogP contribution is -2.60. The fourth-order valence-electron chi connectivity index (χ4n) is 7.34. The van der Waals surface area contributed by atoms with Gasteiger partial charge < -0.3 is 21.1 Å². The average Bonchev–Trinajstić information content (AvgIpc) is 3.27. The number of carbonyl (C=O) groups is 3. The number of nitrogens with zero attached hydrogens (tertiary/aromatic N) is 2. The zero-order valence-corrected chi connectivity index (χ0v) is 22.3. The van der Waals surface area contributed by atoms with E-state index in [0.717, 1.165) is 37.7 Å². The third-order valence-electron chi connectivity index (χ3n) is 8.44. The smallest absolute Gasteiger partial charge is 0.404 e. The Morgan fingerprint density at radius 1 is 1.16 bits per heavy atom. The number of ether oxygens (including phenoxy) is 1. The van der Waals surface area contributed by atoms with Crippen LogP contribution in [0.15, 0.2) is 42.6 Å². The van der Waals surface area contributed by atoms with Crippen LogP contribution in [0.5, 0.6) is 0 Å². The predicted octanol–water partition coefficient (Wildman–Crippen LogP) is 3.96. The van der Waals surface area contributed by atoms with Crippen molar-refractivity contribution in [3.63, 3.8) is 0 Å². The summed E-state index contributed by atoms with van der Waals surface area (Å²) in [6.07, 6.45) is 9.67. The molecule has 4 fully saturated rings. The van der Waals surface area contributed by atoms with Gasteiger partial charge in [-0.25, -0.2) is 9.48 Å². The quantitative estimate of drug-likeness (QED) is 0.486. The molecule has 4 aliphatic rings. The summed E-state index contributed by atoms with van der Waals surface area (Å²) in [4.78, 5) is 36.6. The first-order valence-electron chi connectivity index (χ1n) is 13.4. The molecular formula is C29H37N5O4. The predicted molar refractivity (Wildman–Crippen MR) is 144 cm³/mol. The molecule has 2 aromatic rings. The van der Waals surface area contributed by atoms with Gasteiger partial charge in [-0.15, -0.1) is 0 Å². The molecule has 1 aromatic heterocycles. The lowest BCUT2D eigenvalue weighted by Gasteiger charge is -2.59. The molecule has 4 aliphatic carbocycles. The average molecular weight is 520 g/mol. The molecule has 38 heavy (non-hydrogen) atoms. The number of amides is 3. The van der Waals surface area contributed by atoms with Crippen LogP contribution in [0, 0.1) is 23.2 Å². The largest absolute Gasteiger partial charge is 0.449 e. The third kappa shape index (κ3) is 5.33. The molecule has 6 rings (SSSR count). The second-order valence-corrected chi connectivity index (χ2v) is 12.0. The summed E-state index contributed by atoms with van der Waals surface area (Å²) in [5.74, 6) is 1.06. The molecule has 9 nitrogen and oxygen atoms in total. The third-order valence-corrected chi connectivity index (χ3v) is 8.44. The minimum absolute atomic E-state index is 0.0155. The van der Waals surface area contributed by atoms with Gasteiger partial charge in [-0.1, -0.05) is 30.3 Å². The van der Waals surface area contributed by atoms with Gasteiger partial charge in [-0.05, 0) is 69.8 Å². The maximum Gasteiger partial charge on any atom is 0.404 e. The molecule has 3 amide bonds. The Kier molecular flexibility index (Phi) is 6.79. The van der Waals surface area contributed by atoms with E-state index in [-0.39, 0.29) is 23.3 Å². The first kappa shape index (κ1) is 26.0. The van der Waals surface area contributed by atoms with Crippen molar-refractivity contribution in [2.75, 3.05) is 6.61 Å². The summed E-state index contributed by atoms with van der Waals surface area (Å²) in [7, 11) is 0. The van der Waals surface area contributed by atoms with Gasteiger partial charge in [0.15, 0.2) is 0 Å². The van der Waals surface area contributed by atoms with Gasteiger partial charge in [-0.2, -0.15) is 5.10 Å². The number of rotatable bonds is 8. The number of benzene rings is 1. The second-order valence-electron chi connectivity index (χ2n) is 12.0. The van der Waals surface area contributed by atoms with Crippen LogP contribution >= 0.6 is 0 Å². The van der Waals surface area contributed by atoms with E-state index in [1.165, 1.54) is 6.92 Å². The molecule has 0 saturated heterocycles. The molecule has 4 saturated carbocycles. The highest BCUT2D eigenvalue weighted by Crippen LogP contribution is 2.60. The van der Waals surface area contributed by atoms with E-state index in [2.05, 4.69) is 15.7 Å². The minimum Gasteiger partial charge on any atom is -0.449 e. The standard InChI is InChI=1S/C29H37N5O4/c1-18(35)33-28(2,3)9-10-34-25(20-7-5-4-6-8-20)23(16-31-34)26(36)32-24-21-11-19-12-22(24)15-29(13-19,14-21)17-38-27(30)37/h4-10,16,19,21-22,24H,11-15,17H2,1-3H3,(H2,30,37)(H,32,36)(H,33,35). The van der Waals surface area contributed by atoms with Crippen molar-refractivity contribution in [1.29, 1.82) is 0 Å². The molecule has 9 heteroatoms. The second kappa shape index (κ2) is 9.93. The monoisotopic (exact) mass is 519 g/mol. The van der Waals surface area contributed by atoms with Crippen molar-refractivity contribution in [2.24, 2.45) is 28.9 Å². The zero-order valence-electron chi connectivity index (χ0n) is 22.3. The Morgan fingerprint density at radius 2 is 1.84 bits per heavy atom. The van der Waals surface area contributed by atoms with E-state index in [9.17, 15) is 14.4 Å². The molecule has 1 heterocycles. The fraction of sp³-hybridized carbons (Fsp3) is 0.517. The molecule has 1 aromatic carbocycles. The summed E-state index contributed by atoms with van der Waals surface area (Å²) in [5.41, 5.74) is 6.76. The summed E-state index contributed by atoms with van der Waals surface area (Å²) in [5, 5.41) is 10.8. The Morgan fingerprint density at radius 3 is 2.47 bits per heavy atom. The van der Waals surface area contributed by atoms with E-state index in [1.54, 1.807) is 17.1 Å². The van der Waals surface area contributed by atoms with Crippen LogP contribution in [0.3, 0.4) is 0 Å². The normalized spacial score (nSPS) is 27.9. The van der Waals surface area contributed by atoms with Gasteiger partial charge in [0.25, 0.3) is 5.91 Å². The topological polar surface area (TPSA) is 128 Å². The maximum atomic E-state index is 13.8. The number of hydrogen-bond acceptors (Lipinski definition) is 5. The van der Waals surface area contributed by atoms with E-state index < -0.39 is 11.6 Å². The van der Waals surface area contributed by atoms with Gasteiger partial charge in [0.1, 0.15) is 0 Å². The number of nitrogens with one attached hydrogen (secondary N) is 2. The van der Waals surface area contributed by atoms with Crippen molar-refractivity contribution in [3.8, 4) is 11.3 Å². The van der Waals surface area contributed by atoms with Crippen LogP contribution in [0.25, 0.3) is 17.5 Å². The molecule has 0 spiro atoms. The fourth-order valence-corrected chi connectivity index (χ4v) is 7.34. The summed E-state index contributed by atoms with van der Waals surface area (Å²) >= 11 is 0. The SMILES string of the molecule is CC(=O)NC(C)(C)C=Cn1ncc(C(=O)NC2C3CC4CC2CC(COC(N)=O)(C4)C3)c1-c1ccccc1. The molecule has 2 atom stereocenters. The van der Waals surface area contributed by atoms with Crippen molar-refractivity contribution in [2.45, 2.75) is 64.5 Å². The Hall–Kier alpha value is -3.62. The van der Waals surface area contributed by atoms with E-state index in [0.29, 0.717) is 35.6 Å². The van der Waals surface area contributed by atoms with Crippen LogP contribution in [0.2, 0.25) is 0 Å². The van der Waals surface area contributed by atoms with Gasteiger partial charge in [0.2, 0.25) is 5.91 Å². The van der Waals surface area contributed by atoms with Crippen molar-refractivity contribution < 1.29 is 19.1 Å². The van der Waals surface area contributed by atoms with Crippen LogP contribution in [-0.2, 0) is 9.53 Å². The van der Waals surface area contributed by atoms with Crippen LogP contribution < -0.4 is 16.4 Å². The molecule has 2 unspecified atom stereocenters. The molecule has 202 valence electrons. The molecule has 0 aliphatic heterocycles. The highest BCUT2D eigenvalue weighted by Gasteiger charge is 2.56.